The van der Waals surface area contributed by atoms with Crippen LogP contribution in [0.25, 0.3) is 0 Å². The van der Waals surface area contributed by atoms with Crippen LogP contribution in [0.2, 0.25) is 0 Å². The first kappa shape index (κ1) is 13.9. The lowest BCUT2D eigenvalue weighted by Gasteiger charge is -2.13. The van der Waals surface area contributed by atoms with Gasteiger partial charge in [0.25, 0.3) is 0 Å². The summed E-state index contributed by atoms with van der Waals surface area (Å²) in [5.74, 6) is 1.05. The molecule has 1 aromatic carbocycles. The average Bonchev–Trinajstić information content (AvgIpc) is 2.90. The lowest BCUT2D eigenvalue weighted by molar-refractivity contribution is 0.471. The second-order valence-electron chi connectivity index (χ2n) is 5.21. The average molecular weight is 257 g/mol. The molecule has 0 saturated carbocycles. The Kier molecular flexibility index (Phi) is 5.22. The number of hydrogen-bond donors (Lipinski definition) is 1. The Labute approximate surface area is 115 Å². The van der Waals surface area contributed by atoms with Gasteiger partial charge >= 0.3 is 0 Å². The van der Waals surface area contributed by atoms with Crippen molar-refractivity contribution in [1.82, 2.24) is 5.32 Å². The molecule has 1 unspecified atom stereocenters. The van der Waals surface area contributed by atoms with E-state index in [2.05, 4.69) is 43.4 Å². The quantitative estimate of drug-likeness (QED) is 0.817. The summed E-state index contributed by atoms with van der Waals surface area (Å²) in [5.41, 5.74) is 2.77. The molecule has 0 amide bonds. The highest BCUT2D eigenvalue weighted by Gasteiger charge is 2.03. The molecule has 2 rings (SSSR count). The lowest BCUT2D eigenvalue weighted by Crippen LogP contribution is -2.28. The first-order chi connectivity index (χ1) is 9.24. The molecule has 1 aromatic heterocycles. The summed E-state index contributed by atoms with van der Waals surface area (Å²) in [7, 11) is 0. The van der Waals surface area contributed by atoms with Gasteiger partial charge < -0.3 is 9.73 Å². The van der Waals surface area contributed by atoms with Crippen LogP contribution in [0.1, 0.15) is 30.2 Å². The van der Waals surface area contributed by atoms with Gasteiger partial charge in [0.2, 0.25) is 0 Å². The van der Waals surface area contributed by atoms with Crippen molar-refractivity contribution in [3.63, 3.8) is 0 Å². The fourth-order valence-corrected chi connectivity index (χ4v) is 2.25. The summed E-state index contributed by atoms with van der Waals surface area (Å²) >= 11 is 0. The standard InChI is InChI=1S/C17H23NO/c1-14-5-3-6-16(13-14)9-8-15(2)18-11-10-17-7-4-12-19-17/h3-7,12-13,15,18H,8-11H2,1-2H3. The van der Waals surface area contributed by atoms with E-state index >= 15 is 0 Å². The largest absolute Gasteiger partial charge is 0.469 e. The van der Waals surface area contributed by atoms with Crippen molar-refractivity contribution < 1.29 is 4.42 Å². The van der Waals surface area contributed by atoms with E-state index in [9.17, 15) is 0 Å². The van der Waals surface area contributed by atoms with Crippen molar-refractivity contribution in [2.75, 3.05) is 6.54 Å². The third-order valence-corrected chi connectivity index (χ3v) is 3.39. The fourth-order valence-electron chi connectivity index (χ4n) is 2.25. The van der Waals surface area contributed by atoms with Gasteiger partial charge in [-0.15, -0.1) is 0 Å². The van der Waals surface area contributed by atoms with E-state index in [1.165, 1.54) is 17.5 Å². The monoisotopic (exact) mass is 257 g/mol. The molecule has 19 heavy (non-hydrogen) atoms. The minimum atomic E-state index is 0.537. The highest BCUT2D eigenvalue weighted by atomic mass is 16.3. The van der Waals surface area contributed by atoms with E-state index in [0.29, 0.717) is 6.04 Å². The third kappa shape index (κ3) is 4.92. The topological polar surface area (TPSA) is 25.2 Å². The minimum Gasteiger partial charge on any atom is -0.469 e. The van der Waals surface area contributed by atoms with E-state index < -0.39 is 0 Å². The molecule has 102 valence electrons. The maximum Gasteiger partial charge on any atom is 0.105 e. The summed E-state index contributed by atoms with van der Waals surface area (Å²) < 4.78 is 5.32. The van der Waals surface area contributed by atoms with E-state index in [1.54, 1.807) is 6.26 Å². The van der Waals surface area contributed by atoms with Crippen molar-refractivity contribution >= 4 is 0 Å². The molecular weight excluding hydrogens is 234 g/mol. The minimum absolute atomic E-state index is 0.537. The zero-order valence-electron chi connectivity index (χ0n) is 11.9. The lowest BCUT2D eigenvalue weighted by atomic mass is 10.0. The van der Waals surface area contributed by atoms with Crippen molar-refractivity contribution in [2.45, 2.75) is 39.2 Å². The Morgan fingerprint density at radius 1 is 1.16 bits per heavy atom. The van der Waals surface area contributed by atoms with Gasteiger partial charge in [0.15, 0.2) is 0 Å². The molecule has 0 bridgehead atoms. The maximum atomic E-state index is 5.32. The molecule has 0 fully saturated rings. The molecule has 1 heterocycles. The van der Waals surface area contributed by atoms with E-state index in [0.717, 1.165) is 25.1 Å². The maximum absolute atomic E-state index is 5.32. The normalized spacial score (nSPS) is 12.5. The number of nitrogens with one attached hydrogen (secondary N) is 1. The third-order valence-electron chi connectivity index (χ3n) is 3.39. The molecular formula is C17H23NO. The predicted octanol–water partition coefficient (Wildman–Crippen LogP) is 3.74. The second-order valence-corrected chi connectivity index (χ2v) is 5.21. The Morgan fingerprint density at radius 2 is 2.05 bits per heavy atom. The second kappa shape index (κ2) is 7.15. The van der Waals surface area contributed by atoms with Crippen molar-refractivity contribution in [3.8, 4) is 0 Å². The highest BCUT2D eigenvalue weighted by Crippen LogP contribution is 2.08. The SMILES string of the molecule is Cc1cccc(CCC(C)NCCc2ccco2)c1. The van der Waals surface area contributed by atoms with Crippen LogP contribution in [0.15, 0.2) is 47.1 Å². The molecule has 0 saturated heterocycles. The van der Waals surface area contributed by atoms with Crippen LogP contribution in [0.5, 0.6) is 0 Å². The number of benzene rings is 1. The molecule has 2 aromatic rings. The number of hydrogen-bond acceptors (Lipinski definition) is 2. The van der Waals surface area contributed by atoms with Gasteiger partial charge in [-0.2, -0.15) is 0 Å². The summed E-state index contributed by atoms with van der Waals surface area (Å²) in [6.07, 6.45) is 5.00. The van der Waals surface area contributed by atoms with Crippen molar-refractivity contribution in [1.29, 1.82) is 0 Å². The van der Waals surface area contributed by atoms with Gasteiger partial charge in [-0.3, -0.25) is 0 Å². The Hall–Kier alpha value is -1.54. The number of furan rings is 1. The van der Waals surface area contributed by atoms with Gasteiger partial charge in [-0.05, 0) is 44.4 Å². The Morgan fingerprint density at radius 3 is 2.79 bits per heavy atom. The van der Waals surface area contributed by atoms with Gasteiger partial charge in [-0.25, -0.2) is 0 Å². The zero-order valence-corrected chi connectivity index (χ0v) is 11.9. The van der Waals surface area contributed by atoms with E-state index in [1.807, 2.05) is 12.1 Å². The summed E-state index contributed by atoms with van der Waals surface area (Å²) in [6, 6.07) is 13.3. The number of aryl methyl sites for hydroxylation is 2. The molecule has 2 nitrogen and oxygen atoms in total. The molecule has 0 spiro atoms. The van der Waals surface area contributed by atoms with Crippen LogP contribution in [-0.4, -0.2) is 12.6 Å². The molecule has 0 aliphatic heterocycles. The first-order valence-electron chi connectivity index (χ1n) is 7.05. The Bertz CT molecular complexity index is 476. The van der Waals surface area contributed by atoms with E-state index in [4.69, 9.17) is 4.42 Å². The van der Waals surface area contributed by atoms with Crippen LogP contribution in [0, 0.1) is 6.92 Å². The van der Waals surface area contributed by atoms with Crippen molar-refractivity contribution in [3.05, 3.63) is 59.5 Å². The summed E-state index contributed by atoms with van der Waals surface area (Å²) in [4.78, 5) is 0. The number of rotatable bonds is 7. The van der Waals surface area contributed by atoms with Gasteiger partial charge in [0, 0.05) is 19.0 Å². The first-order valence-corrected chi connectivity index (χ1v) is 7.05. The van der Waals surface area contributed by atoms with E-state index in [-0.39, 0.29) is 0 Å². The highest BCUT2D eigenvalue weighted by molar-refractivity contribution is 5.22. The summed E-state index contributed by atoms with van der Waals surface area (Å²) in [6.45, 7) is 5.37. The molecule has 0 radical (unpaired) electrons. The van der Waals surface area contributed by atoms with Crippen LogP contribution >= 0.6 is 0 Å². The predicted molar refractivity (Wildman–Crippen MR) is 79.4 cm³/mol. The van der Waals surface area contributed by atoms with Gasteiger partial charge in [0.1, 0.15) is 5.76 Å². The molecule has 1 atom stereocenters. The molecule has 0 aliphatic rings. The van der Waals surface area contributed by atoms with Crippen LogP contribution in [0.3, 0.4) is 0 Å². The smallest absolute Gasteiger partial charge is 0.105 e. The Balaban J connectivity index is 1.65. The van der Waals surface area contributed by atoms with Crippen LogP contribution in [0.4, 0.5) is 0 Å². The van der Waals surface area contributed by atoms with Gasteiger partial charge in [-0.1, -0.05) is 29.8 Å². The van der Waals surface area contributed by atoms with Gasteiger partial charge in [0.05, 0.1) is 6.26 Å². The molecule has 1 N–H and O–H groups in total. The zero-order chi connectivity index (χ0) is 13.5. The van der Waals surface area contributed by atoms with Crippen LogP contribution in [-0.2, 0) is 12.8 Å². The summed E-state index contributed by atoms with van der Waals surface area (Å²) in [5, 5.41) is 3.55. The van der Waals surface area contributed by atoms with Crippen molar-refractivity contribution in [2.24, 2.45) is 0 Å². The molecule has 2 heteroatoms. The molecule has 0 aliphatic carbocycles. The van der Waals surface area contributed by atoms with Crippen LogP contribution < -0.4 is 5.32 Å². The fraction of sp³-hybridized carbons (Fsp3) is 0.412.